The highest BCUT2D eigenvalue weighted by atomic mass is 35.5. The Balaban J connectivity index is 2.00. The highest BCUT2D eigenvalue weighted by Gasteiger charge is 2.75. The Morgan fingerprint density at radius 1 is 1.20 bits per heavy atom. The molecule has 25 heavy (non-hydrogen) atoms. The van der Waals surface area contributed by atoms with Crippen LogP contribution < -0.4 is 0 Å². The van der Waals surface area contributed by atoms with Crippen molar-refractivity contribution < 1.29 is 9.05 Å². The fourth-order valence-electron chi connectivity index (χ4n) is 2.80. The van der Waals surface area contributed by atoms with E-state index in [1.165, 1.54) is 11.4 Å². The molecule has 0 spiro atoms. The summed E-state index contributed by atoms with van der Waals surface area (Å²) in [5.41, 5.74) is -2.25. The molecule has 0 aromatic heterocycles. The van der Waals surface area contributed by atoms with Gasteiger partial charge in [0.2, 0.25) is 5.69 Å². The van der Waals surface area contributed by atoms with Crippen LogP contribution in [0.4, 0.5) is 0 Å². The number of fused-ring (bicyclic) bond motifs is 2. The zero-order valence-electron chi connectivity index (χ0n) is 13.5. The molecule has 2 aliphatic carbocycles. The molecule has 5 unspecified atom stereocenters. The molecule has 0 aliphatic heterocycles. The molecule has 0 saturated heterocycles. The van der Waals surface area contributed by atoms with Gasteiger partial charge in [-0.25, -0.2) is 0 Å². The average Bonchev–Trinajstić information content (AvgIpc) is 2.81. The van der Waals surface area contributed by atoms with E-state index in [-0.39, 0.29) is 10.3 Å². The van der Waals surface area contributed by atoms with Crippen LogP contribution in [0, 0.1) is 11.8 Å². The van der Waals surface area contributed by atoms with E-state index in [0.717, 1.165) is 11.5 Å². The van der Waals surface area contributed by atoms with Crippen LogP contribution in [0.3, 0.4) is 0 Å². The first kappa shape index (κ1) is 24.0. The summed E-state index contributed by atoms with van der Waals surface area (Å²) in [6.07, 6.45) is 0. The van der Waals surface area contributed by atoms with Crippen LogP contribution in [0.2, 0.25) is 0 Å². The van der Waals surface area contributed by atoms with Gasteiger partial charge < -0.3 is 9.05 Å². The highest BCUT2D eigenvalue weighted by Crippen LogP contribution is 2.71. The maximum atomic E-state index is 6.62. The molecular weight excluding hydrogens is 528 g/mol. The molecule has 0 aromatic rings. The third kappa shape index (κ3) is 4.16. The zero-order valence-corrected chi connectivity index (χ0v) is 21.4. The minimum atomic E-state index is -2.25. The van der Waals surface area contributed by atoms with E-state index in [2.05, 4.69) is 6.92 Å². The molecule has 2 bridgehead atoms. The Kier molecular flexibility index (Phi) is 8.51. The Bertz CT molecular complexity index is 598. The molecule has 0 amide bonds. The highest BCUT2D eigenvalue weighted by molar-refractivity contribution is 8.67. The fraction of sp³-hybridized carbons (Fsp3) is 0.846. The summed E-state index contributed by atoms with van der Waals surface area (Å²) in [7, 11) is 3.14. The monoisotopic (exact) mass is 542 g/mol. The van der Waals surface area contributed by atoms with Gasteiger partial charge in [-0.2, -0.15) is 11.8 Å². The van der Waals surface area contributed by atoms with Crippen molar-refractivity contribution in [2.45, 2.75) is 26.8 Å². The molecule has 2 rings (SSSR count). The molecule has 0 radical (unpaired) electrons. The van der Waals surface area contributed by atoms with Gasteiger partial charge in [-0.3, -0.25) is 0 Å². The van der Waals surface area contributed by atoms with Crippen molar-refractivity contribution in [3.63, 3.8) is 0 Å². The van der Waals surface area contributed by atoms with Gasteiger partial charge in [-0.1, -0.05) is 64.7 Å². The van der Waals surface area contributed by atoms with E-state index in [9.17, 15) is 0 Å². The molecule has 12 heteroatoms. The van der Waals surface area contributed by atoms with Gasteiger partial charge >= 0.3 is 0 Å². The number of allylic oxidation sites excluding steroid dienone is 2. The lowest BCUT2D eigenvalue weighted by atomic mass is 10.1. The number of hydrogen-bond acceptors (Lipinski definition) is 5. The van der Waals surface area contributed by atoms with Crippen LogP contribution in [0.15, 0.2) is 10.1 Å². The lowest BCUT2D eigenvalue weighted by molar-refractivity contribution is 0.354. The number of hydrogen-bond donors (Lipinski definition) is 0. The predicted octanol–water partition coefficient (Wildman–Crippen LogP) is 7.07. The summed E-state index contributed by atoms with van der Waals surface area (Å²) in [5.74, 6) is 1.58. The number of thioether (sulfide) groups is 1. The van der Waals surface area contributed by atoms with Gasteiger partial charge in [0.1, 0.15) is 4.87 Å². The smallest absolute Gasteiger partial charge is 0.246 e. The molecule has 146 valence electrons. The maximum absolute atomic E-state index is 6.62. The van der Waals surface area contributed by atoms with Crippen molar-refractivity contribution in [1.29, 1.82) is 0 Å². The van der Waals surface area contributed by atoms with E-state index in [4.69, 9.17) is 90.5 Å². The van der Waals surface area contributed by atoms with Gasteiger partial charge in [0.25, 0.3) is 0 Å². The summed E-state index contributed by atoms with van der Waals surface area (Å²) >= 11 is 47.4. The summed E-state index contributed by atoms with van der Waals surface area (Å²) < 4.78 is 9.25. The fourth-order valence-corrected chi connectivity index (χ4v) is 11.4. The summed E-state index contributed by atoms with van der Waals surface area (Å²) in [6, 6.07) is 0. The first-order valence-electron chi connectivity index (χ1n) is 7.20. The average molecular weight is 545 g/mol. The SMILES string of the molecule is COP(=S)(OC)SCC(C)CSC1C2C(Cl)=C(Cl)C(Cl)(C1Cl)C2(Cl)Cl. The lowest BCUT2D eigenvalue weighted by Gasteiger charge is -2.31. The van der Waals surface area contributed by atoms with Crippen molar-refractivity contribution in [2.24, 2.45) is 11.8 Å². The molecule has 1 fully saturated rings. The van der Waals surface area contributed by atoms with Crippen LogP contribution in [-0.2, 0) is 20.9 Å². The minimum absolute atomic E-state index is 0.121. The van der Waals surface area contributed by atoms with Crippen molar-refractivity contribution >= 4 is 110 Å². The van der Waals surface area contributed by atoms with Gasteiger partial charge in [-0.05, 0) is 23.5 Å². The normalized spacial score (nSPS) is 35.5. The van der Waals surface area contributed by atoms with Gasteiger partial charge in [0, 0.05) is 36.2 Å². The molecular formula is C13H17Cl6O2PS3. The third-order valence-corrected chi connectivity index (χ3v) is 15.9. The maximum Gasteiger partial charge on any atom is 0.246 e. The predicted molar refractivity (Wildman–Crippen MR) is 121 cm³/mol. The van der Waals surface area contributed by atoms with Gasteiger partial charge in [-0.15, -0.1) is 23.2 Å². The van der Waals surface area contributed by atoms with Crippen molar-refractivity contribution in [3.05, 3.63) is 10.1 Å². The Hall–Kier alpha value is 2.75. The second kappa shape index (κ2) is 8.86. The molecule has 0 N–H and O–H groups in total. The zero-order chi connectivity index (χ0) is 19.2. The number of halogens is 6. The van der Waals surface area contributed by atoms with E-state index in [1.54, 1.807) is 26.0 Å². The van der Waals surface area contributed by atoms with Crippen LogP contribution in [-0.4, -0.2) is 45.6 Å². The first-order valence-corrected chi connectivity index (χ1v) is 14.8. The van der Waals surface area contributed by atoms with Crippen molar-refractivity contribution in [2.75, 3.05) is 25.7 Å². The van der Waals surface area contributed by atoms with Gasteiger partial charge in [0.15, 0.2) is 4.33 Å². The molecule has 5 atom stereocenters. The Labute approximate surface area is 192 Å². The standard InChI is InChI=1S/C13H17Cl6O2PS3/c1-6(5-25-22(23,20-2)21-3)4-24-9-7-8(14)10(15)12(17,11(9)16)13(7,18)19/h6-7,9,11H,4-5H2,1-3H3. The third-order valence-electron chi connectivity index (χ3n) is 4.21. The lowest BCUT2D eigenvalue weighted by Crippen LogP contribution is -2.42. The number of rotatable bonds is 8. The second-order valence-corrected chi connectivity index (χ2v) is 16.9. The number of alkyl halides is 4. The van der Waals surface area contributed by atoms with Crippen LogP contribution in [0.25, 0.3) is 0 Å². The Morgan fingerprint density at radius 2 is 1.76 bits per heavy atom. The molecule has 0 aromatic carbocycles. The van der Waals surface area contributed by atoms with E-state index < -0.39 is 26.2 Å². The molecule has 2 aliphatic rings. The quantitative estimate of drug-likeness (QED) is 0.240. The Morgan fingerprint density at radius 3 is 2.24 bits per heavy atom. The van der Waals surface area contributed by atoms with Crippen molar-refractivity contribution in [1.82, 2.24) is 0 Å². The molecule has 2 nitrogen and oxygen atoms in total. The van der Waals surface area contributed by atoms with E-state index in [0.29, 0.717) is 11.0 Å². The van der Waals surface area contributed by atoms with E-state index >= 15 is 0 Å². The van der Waals surface area contributed by atoms with Crippen LogP contribution in [0.1, 0.15) is 6.92 Å². The topological polar surface area (TPSA) is 18.5 Å². The summed E-state index contributed by atoms with van der Waals surface area (Å²) in [5, 5.41) is 0.0292. The summed E-state index contributed by atoms with van der Waals surface area (Å²) in [4.78, 5) is -1.26. The largest absolute Gasteiger partial charge is 0.325 e. The minimum Gasteiger partial charge on any atom is -0.325 e. The molecule has 0 heterocycles. The second-order valence-electron chi connectivity index (χ2n) is 5.89. The summed E-state index contributed by atoms with van der Waals surface area (Å²) in [6.45, 7) is 2.12. The van der Waals surface area contributed by atoms with Crippen LogP contribution >= 0.6 is 98.4 Å². The molecule has 1 saturated carbocycles. The van der Waals surface area contributed by atoms with Gasteiger partial charge in [0.05, 0.1) is 10.4 Å². The van der Waals surface area contributed by atoms with Crippen LogP contribution in [0.5, 0.6) is 0 Å². The first-order chi connectivity index (χ1) is 11.5. The van der Waals surface area contributed by atoms with Crippen molar-refractivity contribution in [3.8, 4) is 0 Å². The van der Waals surface area contributed by atoms with E-state index in [1.807, 2.05) is 0 Å².